The zero-order chi connectivity index (χ0) is 15.5. The molecule has 1 fully saturated rings. The quantitative estimate of drug-likeness (QED) is 0.882. The second kappa shape index (κ2) is 6.17. The lowest BCUT2D eigenvalue weighted by Crippen LogP contribution is -2.59. The van der Waals surface area contributed by atoms with Crippen molar-refractivity contribution in [2.24, 2.45) is 0 Å². The van der Waals surface area contributed by atoms with Gasteiger partial charge in [-0.2, -0.15) is 0 Å². The highest BCUT2D eigenvalue weighted by molar-refractivity contribution is 5.98. The van der Waals surface area contributed by atoms with E-state index in [-0.39, 0.29) is 18.2 Å². The summed E-state index contributed by atoms with van der Waals surface area (Å²) in [5.41, 5.74) is -1.38. The molecule has 2 rings (SSSR count). The van der Waals surface area contributed by atoms with Crippen LogP contribution in [0.4, 0.5) is 4.39 Å². The predicted molar refractivity (Wildman–Crippen MR) is 73.1 cm³/mol. The Bertz CT molecular complexity index is 552. The van der Waals surface area contributed by atoms with Crippen LogP contribution in [0.15, 0.2) is 18.3 Å². The lowest BCUT2D eigenvalue weighted by Gasteiger charge is -2.36. The lowest BCUT2D eigenvalue weighted by molar-refractivity contribution is -0.133. The highest BCUT2D eigenvalue weighted by Gasteiger charge is 2.50. The molecule has 2 amide bonds. The first-order valence-corrected chi connectivity index (χ1v) is 6.70. The smallest absolute Gasteiger partial charge is 0.276 e. The molecule has 0 spiro atoms. The molecule has 1 aromatic rings. The van der Waals surface area contributed by atoms with Gasteiger partial charge in [0, 0.05) is 26.9 Å². The first kappa shape index (κ1) is 15.4. The van der Waals surface area contributed by atoms with Crippen molar-refractivity contribution in [1.82, 2.24) is 15.2 Å². The van der Waals surface area contributed by atoms with Crippen LogP contribution in [0.25, 0.3) is 0 Å². The number of methoxy groups -OCH3 is 1. The molecule has 1 aliphatic heterocycles. The van der Waals surface area contributed by atoms with Gasteiger partial charge in [0.15, 0.2) is 11.5 Å². The normalized spacial score (nSPS) is 21.4. The van der Waals surface area contributed by atoms with Gasteiger partial charge in [0.1, 0.15) is 5.54 Å². The van der Waals surface area contributed by atoms with Gasteiger partial charge < -0.3 is 15.0 Å². The molecule has 1 atom stereocenters. The summed E-state index contributed by atoms with van der Waals surface area (Å²) in [6.07, 6.45) is 2.47. The Hall–Kier alpha value is -2.02. The molecule has 1 aliphatic rings. The Kier molecular flexibility index (Phi) is 4.52. The molecular weight excluding hydrogens is 277 g/mol. The average molecular weight is 295 g/mol. The molecule has 1 N–H and O–H groups in total. The number of rotatable bonds is 4. The molecule has 0 radical (unpaired) electrons. The van der Waals surface area contributed by atoms with Crippen LogP contribution in [-0.4, -0.2) is 54.5 Å². The number of hydrogen-bond acceptors (Lipinski definition) is 4. The van der Waals surface area contributed by atoms with E-state index in [4.69, 9.17) is 4.74 Å². The number of likely N-dealkylation sites (tertiary alicyclic amines) is 1. The fourth-order valence-electron chi connectivity index (χ4n) is 2.77. The maximum Gasteiger partial charge on any atom is 0.276 e. The van der Waals surface area contributed by atoms with Gasteiger partial charge in [-0.1, -0.05) is 0 Å². The first-order chi connectivity index (χ1) is 10.1. The van der Waals surface area contributed by atoms with Crippen LogP contribution in [-0.2, 0) is 9.53 Å². The van der Waals surface area contributed by atoms with E-state index in [1.807, 2.05) is 0 Å². The number of likely N-dealkylation sites (N-methyl/N-ethyl adjacent to an activating group) is 1. The maximum atomic E-state index is 13.8. The van der Waals surface area contributed by atoms with Gasteiger partial charge in [-0.3, -0.25) is 9.59 Å². The van der Waals surface area contributed by atoms with E-state index in [1.165, 1.54) is 37.4 Å². The van der Waals surface area contributed by atoms with Crippen LogP contribution >= 0.6 is 0 Å². The van der Waals surface area contributed by atoms with Crippen molar-refractivity contribution in [2.45, 2.75) is 18.4 Å². The zero-order valence-corrected chi connectivity index (χ0v) is 12.1. The van der Waals surface area contributed by atoms with Crippen molar-refractivity contribution in [3.05, 3.63) is 29.8 Å². The first-order valence-electron chi connectivity index (χ1n) is 6.70. The van der Waals surface area contributed by atoms with E-state index >= 15 is 0 Å². The topological polar surface area (TPSA) is 71.5 Å². The van der Waals surface area contributed by atoms with Crippen molar-refractivity contribution in [2.75, 3.05) is 27.3 Å². The van der Waals surface area contributed by atoms with E-state index in [0.29, 0.717) is 19.4 Å². The molecule has 0 aliphatic carbocycles. The molecule has 0 saturated carbocycles. The summed E-state index contributed by atoms with van der Waals surface area (Å²) in [7, 11) is 2.97. The van der Waals surface area contributed by atoms with Crippen LogP contribution in [0, 0.1) is 5.82 Å². The summed E-state index contributed by atoms with van der Waals surface area (Å²) in [5.74, 6) is -1.60. The Morgan fingerprint density at radius 1 is 1.57 bits per heavy atom. The van der Waals surface area contributed by atoms with Gasteiger partial charge in [-0.15, -0.1) is 0 Å². The molecule has 7 heteroatoms. The number of halogens is 1. The third kappa shape index (κ3) is 2.61. The average Bonchev–Trinajstić information content (AvgIpc) is 2.91. The Morgan fingerprint density at radius 2 is 2.33 bits per heavy atom. The third-order valence-corrected chi connectivity index (χ3v) is 3.73. The minimum atomic E-state index is -1.11. The molecule has 6 nitrogen and oxygen atoms in total. The number of carbonyl (C=O) groups excluding carboxylic acids is 2. The molecule has 1 aromatic heterocycles. The molecule has 1 saturated heterocycles. The van der Waals surface area contributed by atoms with Crippen LogP contribution in [0.5, 0.6) is 0 Å². The number of ether oxygens (including phenoxy) is 1. The van der Waals surface area contributed by atoms with Gasteiger partial charge >= 0.3 is 0 Å². The fraction of sp³-hybridized carbons (Fsp3) is 0.500. The molecule has 0 bridgehead atoms. The van der Waals surface area contributed by atoms with Gasteiger partial charge in [0.25, 0.3) is 5.91 Å². The second-order valence-corrected chi connectivity index (χ2v) is 4.94. The van der Waals surface area contributed by atoms with Crippen LogP contribution in [0.2, 0.25) is 0 Å². The van der Waals surface area contributed by atoms with Crippen LogP contribution in [0.3, 0.4) is 0 Å². The summed E-state index contributed by atoms with van der Waals surface area (Å²) in [4.78, 5) is 30.0. The minimum absolute atomic E-state index is 0.0624. The summed E-state index contributed by atoms with van der Waals surface area (Å²) in [6, 6.07) is 2.59. The summed E-state index contributed by atoms with van der Waals surface area (Å²) >= 11 is 0. The Morgan fingerprint density at radius 3 is 2.95 bits per heavy atom. The monoisotopic (exact) mass is 295 g/mol. The third-order valence-electron chi connectivity index (χ3n) is 3.73. The number of nitrogens with one attached hydrogen (secondary N) is 1. The largest absolute Gasteiger partial charge is 0.382 e. The molecule has 114 valence electrons. The molecule has 2 heterocycles. The lowest BCUT2D eigenvalue weighted by atomic mass is 9.95. The highest BCUT2D eigenvalue weighted by Crippen LogP contribution is 2.31. The molecular formula is C14H18FN3O3. The molecule has 0 aromatic carbocycles. The standard InChI is InChI=1S/C14H18FN3O3/c1-16-13(20)14(9-21-2)6-4-8-18(14)12(19)11-10(15)5-3-7-17-11/h3,5,7H,4,6,8-9H2,1-2H3,(H,16,20). The second-order valence-electron chi connectivity index (χ2n) is 4.94. The number of amides is 2. The number of carbonyl (C=O) groups is 2. The number of nitrogens with zero attached hydrogens (tertiary/aromatic N) is 2. The Labute approximate surface area is 122 Å². The van der Waals surface area contributed by atoms with Gasteiger partial charge in [0.2, 0.25) is 5.91 Å². The Balaban J connectivity index is 2.39. The highest BCUT2D eigenvalue weighted by atomic mass is 19.1. The number of hydrogen-bond donors (Lipinski definition) is 1. The SMILES string of the molecule is CNC(=O)C1(COC)CCCN1C(=O)c1ncccc1F. The van der Waals surface area contributed by atoms with Crippen molar-refractivity contribution >= 4 is 11.8 Å². The van der Waals surface area contributed by atoms with Crippen molar-refractivity contribution in [3.63, 3.8) is 0 Å². The van der Waals surface area contributed by atoms with E-state index < -0.39 is 17.3 Å². The van der Waals surface area contributed by atoms with Gasteiger partial charge in [-0.25, -0.2) is 9.37 Å². The summed E-state index contributed by atoms with van der Waals surface area (Å²) in [6.45, 7) is 0.429. The van der Waals surface area contributed by atoms with Crippen LogP contribution < -0.4 is 5.32 Å². The van der Waals surface area contributed by atoms with Crippen molar-refractivity contribution < 1.29 is 18.7 Å². The molecule has 21 heavy (non-hydrogen) atoms. The summed E-state index contributed by atoms with van der Waals surface area (Å²) in [5, 5.41) is 2.56. The van der Waals surface area contributed by atoms with Crippen molar-refractivity contribution in [1.29, 1.82) is 0 Å². The minimum Gasteiger partial charge on any atom is -0.382 e. The van der Waals surface area contributed by atoms with Crippen LogP contribution in [0.1, 0.15) is 23.3 Å². The van der Waals surface area contributed by atoms with Gasteiger partial charge in [-0.05, 0) is 25.0 Å². The van der Waals surface area contributed by atoms with E-state index in [9.17, 15) is 14.0 Å². The zero-order valence-electron chi connectivity index (χ0n) is 12.1. The fourth-order valence-corrected chi connectivity index (χ4v) is 2.77. The van der Waals surface area contributed by atoms with Gasteiger partial charge in [0.05, 0.1) is 6.61 Å². The number of pyridine rings is 1. The van der Waals surface area contributed by atoms with E-state index in [2.05, 4.69) is 10.3 Å². The van der Waals surface area contributed by atoms with Crippen molar-refractivity contribution in [3.8, 4) is 0 Å². The van der Waals surface area contributed by atoms with E-state index in [1.54, 1.807) is 0 Å². The predicted octanol–water partition coefficient (Wildman–Crippen LogP) is 0.588. The number of aromatic nitrogens is 1. The molecule has 1 unspecified atom stereocenters. The maximum absolute atomic E-state index is 13.8. The van der Waals surface area contributed by atoms with E-state index in [0.717, 1.165) is 0 Å². The summed E-state index contributed by atoms with van der Waals surface area (Å²) < 4.78 is 18.9.